The summed E-state index contributed by atoms with van der Waals surface area (Å²) >= 11 is 3.09. The Morgan fingerprint density at radius 2 is 1.80 bits per heavy atom. The second-order valence-electron chi connectivity index (χ2n) is 4.95. The predicted molar refractivity (Wildman–Crippen MR) is 83.2 cm³/mol. The van der Waals surface area contributed by atoms with Crippen molar-refractivity contribution < 1.29 is 26.8 Å². The number of alkyl halides is 3. The molecule has 25 heavy (non-hydrogen) atoms. The Kier molecular flexibility index (Phi) is 4.76. The standard InChI is InChI=1S/C16H9BrF4N2O2/c17-12-3-1-2-10(13(12)18)8-24-11-6-4-9(5-7-11)14-22-15(25-23-14)16(19,20)21/h1-7H,8H2. The molecule has 0 amide bonds. The largest absolute Gasteiger partial charge is 0.489 e. The highest BCUT2D eigenvalue weighted by molar-refractivity contribution is 9.10. The summed E-state index contributed by atoms with van der Waals surface area (Å²) in [4.78, 5) is 3.30. The molecule has 9 heteroatoms. The Morgan fingerprint density at radius 1 is 1.08 bits per heavy atom. The van der Waals surface area contributed by atoms with Crippen LogP contribution in [0, 0.1) is 5.82 Å². The zero-order valence-corrected chi connectivity index (χ0v) is 13.9. The topological polar surface area (TPSA) is 48.2 Å². The van der Waals surface area contributed by atoms with E-state index in [4.69, 9.17) is 4.74 Å². The molecule has 0 bridgehead atoms. The van der Waals surface area contributed by atoms with E-state index in [9.17, 15) is 17.6 Å². The number of halogens is 5. The summed E-state index contributed by atoms with van der Waals surface area (Å²) < 4.78 is 61.2. The van der Waals surface area contributed by atoms with Crippen molar-refractivity contribution >= 4 is 15.9 Å². The number of nitrogens with zero attached hydrogens (tertiary/aromatic N) is 2. The van der Waals surface area contributed by atoms with Crippen molar-refractivity contribution in [2.75, 3.05) is 0 Å². The van der Waals surface area contributed by atoms with E-state index >= 15 is 0 Å². The molecule has 4 nitrogen and oxygen atoms in total. The molecule has 3 aromatic rings. The fourth-order valence-electron chi connectivity index (χ4n) is 1.98. The normalized spacial score (nSPS) is 11.6. The molecule has 1 heterocycles. The Labute approximate surface area is 147 Å². The van der Waals surface area contributed by atoms with E-state index < -0.39 is 17.9 Å². The van der Waals surface area contributed by atoms with Crippen LogP contribution in [0.1, 0.15) is 11.5 Å². The highest BCUT2D eigenvalue weighted by atomic mass is 79.9. The van der Waals surface area contributed by atoms with Gasteiger partial charge < -0.3 is 9.26 Å². The molecule has 0 atom stereocenters. The monoisotopic (exact) mass is 416 g/mol. The fourth-order valence-corrected chi connectivity index (χ4v) is 2.38. The summed E-state index contributed by atoms with van der Waals surface area (Å²) in [6, 6.07) is 10.9. The number of rotatable bonds is 4. The third-order valence-corrected chi connectivity index (χ3v) is 3.82. The van der Waals surface area contributed by atoms with Crippen LogP contribution in [-0.2, 0) is 12.8 Å². The number of hydrogen-bond donors (Lipinski definition) is 0. The first-order valence-electron chi connectivity index (χ1n) is 6.91. The van der Waals surface area contributed by atoms with Gasteiger partial charge in [-0.3, -0.25) is 0 Å². The lowest BCUT2D eigenvalue weighted by Crippen LogP contribution is -2.04. The van der Waals surface area contributed by atoms with Gasteiger partial charge in [0, 0.05) is 11.1 Å². The van der Waals surface area contributed by atoms with Gasteiger partial charge >= 0.3 is 12.1 Å². The lowest BCUT2D eigenvalue weighted by atomic mass is 10.2. The van der Waals surface area contributed by atoms with Crippen molar-refractivity contribution in [1.29, 1.82) is 0 Å². The molecule has 3 rings (SSSR count). The van der Waals surface area contributed by atoms with Crippen molar-refractivity contribution in [3.05, 3.63) is 64.2 Å². The minimum atomic E-state index is -4.69. The first kappa shape index (κ1) is 17.4. The average molecular weight is 417 g/mol. The van der Waals surface area contributed by atoms with Crippen molar-refractivity contribution in [3.8, 4) is 17.1 Å². The predicted octanol–water partition coefficient (Wildman–Crippen LogP) is 5.24. The van der Waals surface area contributed by atoms with Crippen LogP contribution in [0.25, 0.3) is 11.4 Å². The minimum absolute atomic E-state index is 0.00501. The molecule has 0 spiro atoms. The summed E-state index contributed by atoms with van der Waals surface area (Å²) in [6.45, 7) is 0.00501. The van der Waals surface area contributed by atoms with Crippen LogP contribution in [-0.4, -0.2) is 10.1 Å². The number of aromatic nitrogens is 2. The van der Waals surface area contributed by atoms with Crippen LogP contribution < -0.4 is 4.74 Å². The SMILES string of the molecule is Fc1c(Br)cccc1COc1ccc(-c2noc(C(F)(F)F)n2)cc1. The zero-order chi connectivity index (χ0) is 18.0. The summed E-state index contributed by atoms with van der Waals surface area (Å²) in [6.07, 6.45) is -4.69. The number of ether oxygens (including phenoxy) is 1. The van der Waals surface area contributed by atoms with Gasteiger partial charge in [0.15, 0.2) is 0 Å². The Hall–Kier alpha value is -2.42. The van der Waals surface area contributed by atoms with E-state index in [1.807, 2.05) is 0 Å². The molecular formula is C16H9BrF4N2O2. The molecule has 0 radical (unpaired) electrons. The summed E-state index contributed by atoms with van der Waals surface area (Å²) in [7, 11) is 0. The van der Waals surface area contributed by atoms with Gasteiger partial charge in [0.25, 0.3) is 0 Å². The van der Waals surface area contributed by atoms with Gasteiger partial charge in [0.1, 0.15) is 18.2 Å². The highest BCUT2D eigenvalue weighted by Crippen LogP contribution is 2.30. The number of hydrogen-bond acceptors (Lipinski definition) is 4. The van der Waals surface area contributed by atoms with Crippen molar-refractivity contribution in [1.82, 2.24) is 10.1 Å². The van der Waals surface area contributed by atoms with Crippen molar-refractivity contribution in [2.45, 2.75) is 12.8 Å². The van der Waals surface area contributed by atoms with E-state index in [1.54, 1.807) is 18.2 Å². The molecule has 130 valence electrons. The van der Waals surface area contributed by atoms with E-state index in [-0.39, 0.29) is 12.4 Å². The summed E-state index contributed by atoms with van der Waals surface area (Å²) in [5.74, 6) is -1.59. The zero-order valence-electron chi connectivity index (χ0n) is 12.3. The minimum Gasteiger partial charge on any atom is -0.489 e. The van der Waals surface area contributed by atoms with Crippen LogP contribution in [0.4, 0.5) is 17.6 Å². The van der Waals surface area contributed by atoms with Crippen molar-refractivity contribution in [3.63, 3.8) is 0 Å². The van der Waals surface area contributed by atoms with Crippen LogP contribution >= 0.6 is 15.9 Å². The second-order valence-corrected chi connectivity index (χ2v) is 5.80. The number of benzene rings is 2. The summed E-state index contributed by atoms with van der Waals surface area (Å²) in [5.41, 5.74) is 0.701. The Bertz CT molecular complexity index is 879. The molecule has 0 aliphatic rings. The molecule has 0 aliphatic carbocycles. The van der Waals surface area contributed by atoms with Gasteiger partial charge in [-0.1, -0.05) is 17.3 Å². The Morgan fingerprint density at radius 3 is 2.44 bits per heavy atom. The van der Waals surface area contributed by atoms with Gasteiger partial charge in [-0.25, -0.2) is 4.39 Å². The van der Waals surface area contributed by atoms with Gasteiger partial charge in [0.2, 0.25) is 5.82 Å². The lowest BCUT2D eigenvalue weighted by molar-refractivity contribution is -0.159. The fraction of sp³-hybridized carbons (Fsp3) is 0.125. The van der Waals surface area contributed by atoms with Crippen LogP contribution in [0.5, 0.6) is 5.75 Å². The highest BCUT2D eigenvalue weighted by Gasteiger charge is 2.38. The molecule has 0 saturated carbocycles. The second kappa shape index (κ2) is 6.83. The van der Waals surface area contributed by atoms with E-state index in [0.717, 1.165) is 0 Å². The van der Waals surface area contributed by atoms with E-state index in [0.29, 0.717) is 21.3 Å². The molecule has 0 saturated heterocycles. The molecule has 0 fully saturated rings. The van der Waals surface area contributed by atoms with E-state index in [1.165, 1.54) is 24.3 Å². The van der Waals surface area contributed by atoms with Crippen LogP contribution in [0.15, 0.2) is 51.5 Å². The maximum absolute atomic E-state index is 13.8. The van der Waals surface area contributed by atoms with Gasteiger partial charge in [-0.2, -0.15) is 18.2 Å². The molecule has 1 aromatic heterocycles. The maximum Gasteiger partial charge on any atom is 0.471 e. The third-order valence-electron chi connectivity index (χ3n) is 3.21. The molecule has 2 aromatic carbocycles. The van der Waals surface area contributed by atoms with Crippen LogP contribution in [0.2, 0.25) is 0 Å². The first-order chi connectivity index (χ1) is 11.8. The molecular weight excluding hydrogens is 408 g/mol. The summed E-state index contributed by atoms with van der Waals surface area (Å²) in [5, 5.41) is 3.30. The Balaban J connectivity index is 1.70. The average Bonchev–Trinajstić information content (AvgIpc) is 3.07. The molecule has 0 N–H and O–H groups in total. The smallest absolute Gasteiger partial charge is 0.471 e. The maximum atomic E-state index is 13.8. The van der Waals surface area contributed by atoms with Gasteiger partial charge in [0.05, 0.1) is 4.47 Å². The van der Waals surface area contributed by atoms with E-state index in [2.05, 4.69) is 30.6 Å². The lowest BCUT2D eigenvalue weighted by Gasteiger charge is -2.08. The first-order valence-corrected chi connectivity index (χ1v) is 7.71. The van der Waals surface area contributed by atoms with Crippen molar-refractivity contribution in [2.24, 2.45) is 0 Å². The van der Waals surface area contributed by atoms with Crippen LogP contribution in [0.3, 0.4) is 0 Å². The quantitative estimate of drug-likeness (QED) is 0.546. The molecule has 0 unspecified atom stereocenters. The third kappa shape index (κ3) is 3.98. The molecule has 0 aliphatic heterocycles. The van der Waals surface area contributed by atoms with Gasteiger partial charge in [-0.05, 0) is 46.3 Å². The van der Waals surface area contributed by atoms with Gasteiger partial charge in [-0.15, -0.1) is 0 Å².